The summed E-state index contributed by atoms with van der Waals surface area (Å²) < 4.78 is 26.1. The number of carbonyl (C=O) groups is 1. The first-order valence-electron chi connectivity index (χ1n) is 5.04. The Kier molecular flexibility index (Phi) is 4.42. The molecular weight excluding hydrogens is 250 g/mol. The van der Waals surface area contributed by atoms with E-state index in [1.807, 2.05) is 0 Å². The van der Waals surface area contributed by atoms with Gasteiger partial charge in [-0.3, -0.25) is 4.79 Å². The molecule has 1 aromatic carbocycles. The predicted molar refractivity (Wildman–Crippen MR) is 62.8 cm³/mol. The highest BCUT2D eigenvalue weighted by molar-refractivity contribution is 6.33. The molecule has 3 nitrogen and oxygen atoms in total. The standard InChI is InChI=1S/C11H13ClF2N2O/c1-5(6(2)15)11(17)16-10-8(12)3-7(13)4-9(10)14/h3-6H,15H2,1-2H3,(H,16,17). The van der Waals surface area contributed by atoms with Crippen molar-refractivity contribution in [3.63, 3.8) is 0 Å². The summed E-state index contributed by atoms with van der Waals surface area (Å²) >= 11 is 5.64. The molecule has 0 radical (unpaired) electrons. The fraction of sp³-hybridized carbons (Fsp3) is 0.364. The zero-order valence-corrected chi connectivity index (χ0v) is 10.2. The Morgan fingerprint density at radius 2 is 2.00 bits per heavy atom. The van der Waals surface area contributed by atoms with Gasteiger partial charge in [-0.15, -0.1) is 0 Å². The van der Waals surface area contributed by atoms with Gasteiger partial charge in [-0.25, -0.2) is 8.78 Å². The number of hydrogen-bond donors (Lipinski definition) is 2. The number of nitrogens with two attached hydrogens (primary N) is 1. The minimum atomic E-state index is -0.916. The number of carbonyl (C=O) groups excluding carboxylic acids is 1. The van der Waals surface area contributed by atoms with E-state index >= 15 is 0 Å². The van der Waals surface area contributed by atoms with Crippen LogP contribution in [-0.4, -0.2) is 11.9 Å². The van der Waals surface area contributed by atoms with Crippen LogP contribution in [0.15, 0.2) is 12.1 Å². The molecule has 0 saturated carbocycles. The van der Waals surface area contributed by atoms with Crippen molar-refractivity contribution < 1.29 is 13.6 Å². The molecule has 3 N–H and O–H groups in total. The van der Waals surface area contributed by atoms with Crippen LogP contribution in [0.1, 0.15) is 13.8 Å². The number of hydrogen-bond acceptors (Lipinski definition) is 2. The molecule has 94 valence electrons. The molecule has 1 rings (SSSR count). The van der Waals surface area contributed by atoms with Gasteiger partial charge in [0.25, 0.3) is 0 Å². The lowest BCUT2D eigenvalue weighted by molar-refractivity contribution is -0.119. The largest absolute Gasteiger partial charge is 0.327 e. The van der Waals surface area contributed by atoms with E-state index in [-0.39, 0.29) is 16.8 Å². The molecule has 0 saturated heterocycles. The first-order chi connectivity index (χ1) is 7.82. The number of nitrogens with one attached hydrogen (secondary N) is 1. The topological polar surface area (TPSA) is 55.1 Å². The summed E-state index contributed by atoms with van der Waals surface area (Å²) in [4.78, 5) is 11.6. The van der Waals surface area contributed by atoms with Crippen LogP contribution < -0.4 is 11.1 Å². The Morgan fingerprint density at radius 3 is 2.47 bits per heavy atom. The van der Waals surface area contributed by atoms with Gasteiger partial charge in [-0.05, 0) is 13.0 Å². The van der Waals surface area contributed by atoms with Gasteiger partial charge in [-0.1, -0.05) is 18.5 Å². The van der Waals surface area contributed by atoms with Crippen molar-refractivity contribution in [2.24, 2.45) is 11.7 Å². The van der Waals surface area contributed by atoms with Crippen LogP contribution in [0.2, 0.25) is 5.02 Å². The Morgan fingerprint density at radius 1 is 1.41 bits per heavy atom. The van der Waals surface area contributed by atoms with Crippen LogP contribution >= 0.6 is 11.6 Å². The molecule has 2 unspecified atom stereocenters. The highest BCUT2D eigenvalue weighted by atomic mass is 35.5. The molecule has 0 aliphatic carbocycles. The van der Waals surface area contributed by atoms with Gasteiger partial charge >= 0.3 is 0 Å². The van der Waals surface area contributed by atoms with Crippen LogP contribution in [0.5, 0.6) is 0 Å². The minimum absolute atomic E-state index is 0.187. The first kappa shape index (κ1) is 13.9. The van der Waals surface area contributed by atoms with Crippen LogP contribution in [0.25, 0.3) is 0 Å². The summed E-state index contributed by atoms with van der Waals surface area (Å²) in [7, 11) is 0. The molecule has 6 heteroatoms. The molecule has 0 bridgehead atoms. The maximum Gasteiger partial charge on any atom is 0.228 e. The van der Waals surface area contributed by atoms with Crippen LogP contribution in [-0.2, 0) is 4.79 Å². The molecule has 17 heavy (non-hydrogen) atoms. The predicted octanol–water partition coefficient (Wildman–Crippen LogP) is 2.54. The second-order valence-electron chi connectivity index (χ2n) is 3.88. The molecular formula is C11H13ClF2N2O. The molecule has 0 aliphatic heterocycles. The Balaban J connectivity index is 2.93. The minimum Gasteiger partial charge on any atom is -0.327 e. The Labute approximate surface area is 103 Å². The first-order valence-corrected chi connectivity index (χ1v) is 5.41. The maximum absolute atomic E-state index is 13.4. The van der Waals surface area contributed by atoms with E-state index in [1.54, 1.807) is 13.8 Å². The summed E-state index contributed by atoms with van der Waals surface area (Å²) in [5.74, 6) is -2.69. The van der Waals surface area contributed by atoms with Gasteiger partial charge in [-0.2, -0.15) is 0 Å². The Bertz CT molecular complexity index is 414. The van der Waals surface area contributed by atoms with Gasteiger partial charge < -0.3 is 11.1 Å². The molecule has 1 aromatic rings. The second kappa shape index (κ2) is 5.42. The number of anilines is 1. The monoisotopic (exact) mass is 262 g/mol. The third-order valence-corrected chi connectivity index (χ3v) is 2.76. The summed E-state index contributed by atoms with van der Waals surface area (Å²) in [6.45, 7) is 3.27. The summed E-state index contributed by atoms with van der Waals surface area (Å²) in [5.41, 5.74) is 5.31. The van der Waals surface area contributed by atoms with E-state index in [1.165, 1.54) is 0 Å². The van der Waals surface area contributed by atoms with Gasteiger partial charge in [0, 0.05) is 12.1 Å². The number of benzene rings is 1. The van der Waals surface area contributed by atoms with Crippen LogP contribution in [0.4, 0.5) is 14.5 Å². The number of halogens is 3. The van der Waals surface area contributed by atoms with Crippen molar-refractivity contribution in [3.8, 4) is 0 Å². The highest BCUT2D eigenvalue weighted by Crippen LogP contribution is 2.26. The molecule has 0 aromatic heterocycles. The van der Waals surface area contributed by atoms with Crippen molar-refractivity contribution in [1.29, 1.82) is 0 Å². The van der Waals surface area contributed by atoms with Gasteiger partial charge in [0.15, 0.2) is 5.82 Å². The van der Waals surface area contributed by atoms with E-state index in [0.29, 0.717) is 6.07 Å². The smallest absolute Gasteiger partial charge is 0.228 e. The van der Waals surface area contributed by atoms with Crippen LogP contribution in [0, 0.1) is 17.6 Å². The summed E-state index contributed by atoms with van der Waals surface area (Å²) in [5, 5.41) is 2.11. The summed E-state index contributed by atoms with van der Waals surface area (Å²) in [6.07, 6.45) is 0. The fourth-order valence-electron chi connectivity index (χ4n) is 1.14. The lowest BCUT2D eigenvalue weighted by Gasteiger charge is -2.16. The van der Waals surface area contributed by atoms with Crippen LogP contribution in [0.3, 0.4) is 0 Å². The van der Waals surface area contributed by atoms with Crippen molar-refractivity contribution >= 4 is 23.2 Å². The number of amides is 1. The average molecular weight is 263 g/mol. The zero-order valence-electron chi connectivity index (χ0n) is 9.43. The SMILES string of the molecule is CC(N)C(C)C(=O)Nc1c(F)cc(F)cc1Cl. The van der Waals surface area contributed by atoms with Crippen molar-refractivity contribution in [2.75, 3.05) is 5.32 Å². The van der Waals surface area contributed by atoms with E-state index in [0.717, 1.165) is 6.07 Å². The van der Waals surface area contributed by atoms with Crippen molar-refractivity contribution in [3.05, 3.63) is 28.8 Å². The average Bonchev–Trinajstić information content (AvgIpc) is 2.21. The van der Waals surface area contributed by atoms with Gasteiger partial charge in [0.05, 0.1) is 16.6 Å². The molecule has 0 aliphatic rings. The lowest BCUT2D eigenvalue weighted by atomic mass is 10.0. The van der Waals surface area contributed by atoms with E-state index in [2.05, 4.69) is 5.32 Å². The fourth-order valence-corrected chi connectivity index (χ4v) is 1.38. The van der Waals surface area contributed by atoms with E-state index < -0.39 is 23.5 Å². The van der Waals surface area contributed by atoms with Crippen molar-refractivity contribution in [2.45, 2.75) is 19.9 Å². The molecule has 0 spiro atoms. The molecule has 2 atom stereocenters. The quantitative estimate of drug-likeness (QED) is 0.880. The third-order valence-electron chi connectivity index (χ3n) is 2.46. The summed E-state index contributed by atoms with van der Waals surface area (Å²) in [6, 6.07) is 1.20. The van der Waals surface area contributed by atoms with Crippen molar-refractivity contribution in [1.82, 2.24) is 0 Å². The second-order valence-corrected chi connectivity index (χ2v) is 4.29. The normalized spacial score (nSPS) is 14.2. The van der Waals surface area contributed by atoms with Gasteiger partial charge in [0.2, 0.25) is 5.91 Å². The number of rotatable bonds is 3. The maximum atomic E-state index is 13.4. The lowest BCUT2D eigenvalue weighted by Crippen LogP contribution is -2.34. The zero-order chi connectivity index (χ0) is 13.2. The highest BCUT2D eigenvalue weighted by Gasteiger charge is 2.20. The van der Waals surface area contributed by atoms with E-state index in [4.69, 9.17) is 17.3 Å². The molecule has 1 amide bonds. The van der Waals surface area contributed by atoms with E-state index in [9.17, 15) is 13.6 Å². The van der Waals surface area contributed by atoms with Gasteiger partial charge in [0.1, 0.15) is 5.82 Å². The molecule has 0 fully saturated rings. The Hall–Kier alpha value is -1.20. The molecule has 0 heterocycles. The third kappa shape index (κ3) is 3.38.